The van der Waals surface area contributed by atoms with Gasteiger partial charge in [0.15, 0.2) is 0 Å². The lowest BCUT2D eigenvalue weighted by molar-refractivity contribution is 0.0781. The summed E-state index contributed by atoms with van der Waals surface area (Å²) in [6.07, 6.45) is 5.25. The van der Waals surface area contributed by atoms with Gasteiger partial charge in [0.2, 0.25) is 0 Å². The first-order valence-corrected chi connectivity index (χ1v) is 6.43. The molecule has 0 aromatic carbocycles. The van der Waals surface area contributed by atoms with Crippen molar-refractivity contribution in [3.05, 3.63) is 0 Å². The van der Waals surface area contributed by atoms with Gasteiger partial charge >= 0.3 is 0 Å². The van der Waals surface area contributed by atoms with Crippen molar-refractivity contribution in [2.75, 3.05) is 25.5 Å². The third-order valence-corrected chi connectivity index (χ3v) is 4.28. The minimum atomic E-state index is 0.731. The molecule has 1 unspecified atom stereocenters. The molecule has 1 N–H and O–H groups in total. The van der Waals surface area contributed by atoms with Crippen LogP contribution in [0.15, 0.2) is 0 Å². The average Bonchev–Trinajstić information content (AvgIpc) is 2.69. The van der Waals surface area contributed by atoms with Crippen LogP contribution in [0.4, 0.5) is 0 Å². The van der Waals surface area contributed by atoms with Gasteiger partial charge in [-0.05, 0) is 31.4 Å². The van der Waals surface area contributed by atoms with Crippen molar-refractivity contribution in [1.82, 2.24) is 5.32 Å². The summed E-state index contributed by atoms with van der Waals surface area (Å²) in [4.78, 5) is 0. The number of nitrogens with one attached hydrogen (secondary N) is 1. The zero-order valence-electron chi connectivity index (χ0n) is 8.13. The second kappa shape index (κ2) is 5.23. The van der Waals surface area contributed by atoms with Gasteiger partial charge in [-0.2, -0.15) is 11.8 Å². The van der Waals surface area contributed by atoms with E-state index in [1.165, 1.54) is 38.0 Å². The molecule has 2 aliphatic heterocycles. The van der Waals surface area contributed by atoms with Gasteiger partial charge in [-0.3, -0.25) is 0 Å². The summed E-state index contributed by atoms with van der Waals surface area (Å²) in [5.74, 6) is 1.38. The third-order valence-electron chi connectivity index (χ3n) is 2.88. The fourth-order valence-corrected chi connectivity index (χ4v) is 3.22. The van der Waals surface area contributed by atoms with E-state index in [9.17, 15) is 0 Å². The van der Waals surface area contributed by atoms with Crippen LogP contribution in [0.1, 0.15) is 25.7 Å². The molecule has 76 valence electrons. The molecular weight excluding hydrogens is 182 g/mol. The quantitative estimate of drug-likeness (QED) is 0.750. The van der Waals surface area contributed by atoms with E-state index in [1.54, 1.807) is 0 Å². The van der Waals surface area contributed by atoms with E-state index < -0.39 is 0 Å². The van der Waals surface area contributed by atoms with Crippen molar-refractivity contribution in [2.24, 2.45) is 0 Å². The number of hydrogen-bond donors (Lipinski definition) is 1. The Kier molecular flexibility index (Phi) is 3.94. The van der Waals surface area contributed by atoms with E-state index in [-0.39, 0.29) is 0 Å². The van der Waals surface area contributed by atoms with Crippen molar-refractivity contribution in [2.45, 2.75) is 37.0 Å². The van der Waals surface area contributed by atoms with E-state index in [4.69, 9.17) is 4.74 Å². The third kappa shape index (κ3) is 3.15. The van der Waals surface area contributed by atoms with Crippen molar-refractivity contribution in [1.29, 1.82) is 0 Å². The lowest BCUT2D eigenvalue weighted by Crippen LogP contribution is -2.38. The van der Waals surface area contributed by atoms with Gasteiger partial charge in [-0.15, -0.1) is 0 Å². The molecule has 2 rings (SSSR count). The summed E-state index contributed by atoms with van der Waals surface area (Å²) in [5, 5.41) is 4.55. The van der Waals surface area contributed by atoms with E-state index in [0.29, 0.717) is 0 Å². The first-order valence-electron chi connectivity index (χ1n) is 5.38. The maximum atomic E-state index is 5.33. The standard InChI is InChI=1S/C10H19NOS/c1-2-10(13-7-1)8-11-9-3-5-12-6-4-9/h9-11H,1-8H2. The van der Waals surface area contributed by atoms with Crippen LogP contribution in [-0.4, -0.2) is 36.8 Å². The molecule has 0 aromatic heterocycles. The summed E-state index contributed by atoms with van der Waals surface area (Å²) < 4.78 is 5.33. The first kappa shape index (κ1) is 9.81. The predicted molar refractivity (Wildman–Crippen MR) is 57.3 cm³/mol. The highest BCUT2D eigenvalue weighted by molar-refractivity contribution is 8.00. The zero-order valence-corrected chi connectivity index (χ0v) is 8.94. The number of ether oxygens (including phenoxy) is 1. The lowest BCUT2D eigenvalue weighted by atomic mass is 10.1. The van der Waals surface area contributed by atoms with Crippen LogP contribution in [0.25, 0.3) is 0 Å². The Morgan fingerprint density at radius 3 is 2.77 bits per heavy atom. The monoisotopic (exact) mass is 201 g/mol. The molecular formula is C10H19NOS. The number of rotatable bonds is 3. The molecule has 2 saturated heterocycles. The highest BCUT2D eigenvalue weighted by Gasteiger charge is 2.18. The molecule has 2 aliphatic rings. The molecule has 0 amide bonds. The smallest absolute Gasteiger partial charge is 0.0480 e. The largest absolute Gasteiger partial charge is 0.381 e. The SMILES string of the molecule is C1CSC(CNC2CCOCC2)C1. The molecule has 0 aliphatic carbocycles. The van der Waals surface area contributed by atoms with Crippen LogP contribution >= 0.6 is 11.8 Å². The number of hydrogen-bond acceptors (Lipinski definition) is 3. The van der Waals surface area contributed by atoms with Crippen molar-refractivity contribution >= 4 is 11.8 Å². The summed E-state index contributed by atoms with van der Waals surface area (Å²) in [5.41, 5.74) is 0. The number of thioether (sulfide) groups is 1. The molecule has 0 radical (unpaired) electrons. The summed E-state index contributed by atoms with van der Waals surface area (Å²) in [7, 11) is 0. The van der Waals surface area contributed by atoms with Crippen LogP contribution < -0.4 is 5.32 Å². The van der Waals surface area contributed by atoms with Gasteiger partial charge in [0.25, 0.3) is 0 Å². The van der Waals surface area contributed by atoms with Crippen LogP contribution in [0.3, 0.4) is 0 Å². The Morgan fingerprint density at radius 2 is 2.08 bits per heavy atom. The molecule has 13 heavy (non-hydrogen) atoms. The molecule has 2 nitrogen and oxygen atoms in total. The second-order valence-corrected chi connectivity index (χ2v) is 5.34. The average molecular weight is 201 g/mol. The highest BCUT2D eigenvalue weighted by atomic mass is 32.2. The molecule has 0 saturated carbocycles. The zero-order chi connectivity index (χ0) is 8.93. The van der Waals surface area contributed by atoms with Crippen LogP contribution in [-0.2, 0) is 4.74 Å². The fraction of sp³-hybridized carbons (Fsp3) is 1.00. The Morgan fingerprint density at radius 1 is 1.23 bits per heavy atom. The lowest BCUT2D eigenvalue weighted by Gasteiger charge is -2.24. The summed E-state index contributed by atoms with van der Waals surface area (Å²) in [6.45, 7) is 3.13. The molecule has 3 heteroatoms. The van der Waals surface area contributed by atoms with Gasteiger partial charge in [0, 0.05) is 31.1 Å². The van der Waals surface area contributed by atoms with Crippen LogP contribution in [0, 0.1) is 0 Å². The first-order chi connectivity index (χ1) is 6.45. The Bertz CT molecular complexity index is 142. The van der Waals surface area contributed by atoms with Crippen molar-refractivity contribution in [3.63, 3.8) is 0 Å². The van der Waals surface area contributed by atoms with E-state index >= 15 is 0 Å². The Balaban J connectivity index is 1.60. The van der Waals surface area contributed by atoms with Gasteiger partial charge in [0.1, 0.15) is 0 Å². The van der Waals surface area contributed by atoms with E-state index in [0.717, 1.165) is 24.5 Å². The van der Waals surface area contributed by atoms with Gasteiger partial charge in [-0.1, -0.05) is 0 Å². The molecule has 0 bridgehead atoms. The van der Waals surface area contributed by atoms with Gasteiger partial charge in [-0.25, -0.2) is 0 Å². The van der Waals surface area contributed by atoms with Gasteiger partial charge < -0.3 is 10.1 Å². The molecule has 2 fully saturated rings. The van der Waals surface area contributed by atoms with Gasteiger partial charge in [0.05, 0.1) is 0 Å². The van der Waals surface area contributed by atoms with Crippen molar-refractivity contribution in [3.8, 4) is 0 Å². The van der Waals surface area contributed by atoms with Crippen molar-refractivity contribution < 1.29 is 4.74 Å². The minimum absolute atomic E-state index is 0.731. The molecule has 0 spiro atoms. The summed E-state index contributed by atoms with van der Waals surface area (Å²) >= 11 is 2.14. The molecule has 1 atom stereocenters. The minimum Gasteiger partial charge on any atom is -0.381 e. The fourth-order valence-electron chi connectivity index (χ4n) is 2.01. The van der Waals surface area contributed by atoms with Crippen LogP contribution in [0.5, 0.6) is 0 Å². The second-order valence-electron chi connectivity index (χ2n) is 3.93. The van der Waals surface area contributed by atoms with E-state index in [2.05, 4.69) is 17.1 Å². The maximum Gasteiger partial charge on any atom is 0.0480 e. The Hall–Kier alpha value is 0.270. The van der Waals surface area contributed by atoms with E-state index in [1.807, 2.05) is 0 Å². The topological polar surface area (TPSA) is 21.3 Å². The maximum absolute atomic E-state index is 5.33. The highest BCUT2D eigenvalue weighted by Crippen LogP contribution is 2.25. The normalized spacial score (nSPS) is 30.9. The predicted octanol–water partition coefficient (Wildman–Crippen LogP) is 1.65. The van der Waals surface area contributed by atoms with Crippen LogP contribution in [0.2, 0.25) is 0 Å². The molecule has 2 heterocycles. The summed E-state index contributed by atoms with van der Waals surface area (Å²) in [6, 6.07) is 0.731. The molecule has 0 aromatic rings. The Labute approximate surface area is 84.8 Å².